The number of nitrogens with zero attached hydrogens (tertiary/aromatic N) is 2. The molecule has 6 heteroatoms. The highest BCUT2D eigenvalue weighted by atomic mass is 32.1. The van der Waals surface area contributed by atoms with Crippen LogP contribution < -0.4 is 25.0 Å². The summed E-state index contributed by atoms with van der Waals surface area (Å²) in [5, 5.41) is 4.95. The first-order valence-electron chi connectivity index (χ1n) is 10.5. The molecule has 1 aliphatic rings. The van der Waals surface area contributed by atoms with Crippen molar-refractivity contribution in [2.24, 2.45) is 0 Å². The Balaban J connectivity index is 1.61. The Hall–Kier alpha value is -2.85. The van der Waals surface area contributed by atoms with E-state index in [4.69, 9.17) is 0 Å². The Morgan fingerprint density at radius 1 is 0.656 bits per heavy atom. The summed E-state index contributed by atoms with van der Waals surface area (Å²) in [6.45, 7) is 4.22. The minimum absolute atomic E-state index is 0.875. The number of benzene rings is 1. The molecule has 0 bridgehead atoms. The number of hydrogen-bond acceptors (Lipinski definition) is 3. The Labute approximate surface area is 195 Å². The zero-order valence-electron chi connectivity index (χ0n) is 17.7. The van der Waals surface area contributed by atoms with E-state index in [9.17, 15) is 0 Å². The molecule has 0 saturated carbocycles. The van der Waals surface area contributed by atoms with E-state index in [1.807, 2.05) is 30.3 Å². The molecule has 5 aromatic rings. The maximum atomic E-state index is 15.0. The molecule has 1 aliphatic heterocycles. The van der Waals surface area contributed by atoms with E-state index in [1.165, 1.54) is 9.75 Å². The van der Waals surface area contributed by atoms with Gasteiger partial charge in [0.25, 0.3) is 10.0 Å². The van der Waals surface area contributed by atoms with Gasteiger partial charge in [-0.15, -0.1) is 0 Å². The Morgan fingerprint density at radius 3 is 1.59 bits per heavy atom. The third-order valence-corrected chi connectivity index (χ3v) is 11.1. The Bertz CT molecular complexity index is 1440. The molecule has 0 radical (unpaired) electrons. The van der Waals surface area contributed by atoms with Gasteiger partial charge in [-0.1, -0.05) is 53.0 Å². The third kappa shape index (κ3) is 2.96. The van der Waals surface area contributed by atoms with Crippen molar-refractivity contribution in [2.75, 3.05) is 0 Å². The van der Waals surface area contributed by atoms with Crippen LogP contribution in [0.4, 0.5) is 0 Å². The Morgan fingerprint density at radius 2 is 1.16 bits per heavy atom. The van der Waals surface area contributed by atoms with E-state index in [2.05, 4.69) is 84.2 Å². The molecule has 1 aromatic carbocycles. The van der Waals surface area contributed by atoms with Crippen LogP contribution in [0.25, 0.3) is 21.1 Å². The molecule has 0 aliphatic carbocycles. The summed E-state index contributed by atoms with van der Waals surface area (Å²) in [4.78, 5) is 2.52. The molecule has 32 heavy (non-hydrogen) atoms. The number of rotatable bonds is 3. The Kier molecular flexibility index (Phi) is 4.55. The fraction of sp³-hybridized carbons (Fsp3) is 0.0769. The molecule has 4 aromatic heterocycles. The lowest BCUT2D eigenvalue weighted by molar-refractivity contribution is -0.590. The van der Waals surface area contributed by atoms with Crippen LogP contribution in [0.1, 0.15) is 9.75 Å². The largest absolute Gasteiger partial charge is 0.308 e. The summed E-state index contributed by atoms with van der Waals surface area (Å²) in [6.07, 6.45) is 8.32. The number of aromatic nitrogens is 2. The minimum Gasteiger partial charge on any atom is -0.308 e. The summed E-state index contributed by atoms with van der Waals surface area (Å²) in [6, 6.07) is 22.7. The maximum absolute atomic E-state index is 15.0. The van der Waals surface area contributed by atoms with Crippen LogP contribution in [0.2, 0.25) is 0 Å². The van der Waals surface area contributed by atoms with Gasteiger partial charge in [-0.25, -0.2) is 0 Å². The maximum Gasteiger partial charge on any atom is 0.267 e. The van der Waals surface area contributed by atoms with E-state index in [0.717, 1.165) is 37.0 Å². The number of aryl methyl sites for hydroxylation is 2. The van der Waals surface area contributed by atoms with Crippen molar-refractivity contribution in [2.45, 2.75) is 13.8 Å². The first-order chi connectivity index (χ1) is 15.5. The van der Waals surface area contributed by atoms with Gasteiger partial charge < -0.3 is 4.57 Å². The third-order valence-electron chi connectivity index (χ3n) is 5.93. The lowest BCUT2D eigenvalue weighted by Gasteiger charge is -2.13. The van der Waals surface area contributed by atoms with Crippen molar-refractivity contribution in [3.05, 3.63) is 101 Å². The summed E-state index contributed by atoms with van der Waals surface area (Å²) in [5.74, 6) is 0. The number of hydrogen-bond donors (Lipinski definition) is 0. The fourth-order valence-electron chi connectivity index (χ4n) is 4.37. The molecule has 0 fully saturated rings. The summed E-state index contributed by atoms with van der Waals surface area (Å²) >= 11 is 3.48. The first kappa shape index (κ1) is 19.8. The van der Waals surface area contributed by atoms with Gasteiger partial charge in [-0.05, 0) is 26.0 Å². The summed E-state index contributed by atoms with van der Waals surface area (Å²) < 4.78 is 19.2. The van der Waals surface area contributed by atoms with Gasteiger partial charge in [-0.2, -0.15) is 9.13 Å². The molecule has 0 amide bonds. The summed E-state index contributed by atoms with van der Waals surface area (Å²) in [7, 11) is -3.02. The van der Waals surface area contributed by atoms with E-state index in [-0.39, 0.29) is 0 Å². The number of pyridine rings is 2. The normalized spacial score (nSPS) is 13.7. The van der Waals surface area contributed by atoms with Crippen molar-refractivity contribution >= 4 is 45.7 Å². The average molecular weight is 473 g/mol. The smallest absolute Gasteiger partial charge is 0.267 e. The van der Waals surface area contributed by atoms with Gasteiger partial charge in [0.05, 0.1) is 10.6 Å². The van der Waals surface area contributed by atoms with Gasteiger partial charge in [0.15, 0.2) is 31.9 Å². The topological polar surface area (TPSA) is 24.8 Å². The second kappa shape index (κ2) is 7.35. The molecule has 0 unspecified atom stereocenters. The van der Waals surface area contributed by atoms with Crippen molar-refractivity contribution < 1.29 is 13.7 Å². The first-order valence-corrected chi connectivity index (χ1v) is 13.8. The summed E-state index contributed by atoms with van der Waals surface area (Å²) in [5.41, 5.74) is 2.12. The molecular formula is C26H21N2OPS2+2. The minimum atomic E-state index is -3.02. The van der Waals surface area contributed by atoms with Crippen LogP contribution in [-0.4, -0.2) is 0 Å². The van der Waals surface area contributed by atoms with Gasteiger partial charge in [0, 0.05) is 50.5 Å². The quantitative estimate of drug-likeness (QED) is 0.273. The van der Waals surface area contributed by atoms with Crippen molar-refractivity contribution in [3.63, 3.8) is 0 Å². The van der Waals surface area contributed by atoms with Gasteiger partial charge in [0.2, 0.25) is 0 Å². The molecule has 156 valence electrons. The molecule has 0 N–H and O–H groups in total. The predicted octanol–water partition coefficient (Wildman–Crippen LogP) is 4.60. The number of fused-ring (bicyclic) bond motifs is 3. The monoisotopic (exact) mass is 472 g/mol. The average Bonchev–Trinajstić information content (AvgIpc) is 3.52. The lowest BCUT2D eigenvalue weighted by atomic mass is 10.1. The molecular weight excluding hydrogens is 451 g/mol. The molecule has 6 rings (SSSR count). The van der Waals surface area contributed by atoms with Crippen LogP contribution in [0.5, 0.6) is 0 Å². The highest BCUT2D eigenvalue weighted by Crippen LogP contribution is 2.51. The van der Waals surface area contributed by atoms with Crippen LogP contribution >= 0.6 is 29.8 Å². The van der Waals surface area contributed by atoms with Gasteiger partial charge in [0.1, 0.15) is 0 Å². The van der Waals surface area contributed by atoms with Gasteiger partial charge >= 0.3 is 0 Å². The van der Waals surface area contributed by atoms with Crippen molar-refractivity contribution in [1.29, 1.82) is 0 Å². The van der Waals surface area contributed by atoms with E-state index < -0.39 is 7.14 Å². The fourth-order valence-corrected chi connectivity index (χ4v) is 9.06. The second-order valence-electron chi connectivity index (χ2n) is 8.02. The molecule has 0 spiro atoms. The van der Waals surface area contributed by atoms with E-state index >= 15 is 4.57 Å². The molecule has 0 saturated heterocycles. The van der Waals surface area contributed by atoms with Crippen molar-refractivity contribution in [3.8, 4) is 21.1 Å². The van der Waals surface area contributed by atoms with Crippen molar-refractivity contribution in [1.82, 2.24) is 0 Å². The lowest BCUT2D eigenvalue weighted by Crippen LogP contribution is -2.36. The van der Waals surface area contributed by atoms with Crippen LogP contribution in [0.15, 0.2) is 91.5 Å². The molecule has 0 atom stereocenters. The van der Waals surface area contributed by atoms with Crippen LogP contribution in [0.3, 0.4) is 0 Å². The van der Waals surface area contributed by atoms with Crippen LogP contribution in [0, 0.1) is 13.8 Å². The van der Waals surface area contributed by atoms with E-state index in [0.29, 0.717) is 0 Å². The molecule has 3 nitrogen and oxygen atoms in total. The zero-order valence-corrected chi connectivity index (χ0v) is 20.3. The highest BCUT2D eigenvalue weighted by molar-refractivity contribution is 7.86. The SMILES string of the molecule is Cc1ccc(-[n+]2ccc3c(c2)P(=O)(c2ccccc2)c2c[n+](-c4ccc(C)s4)ccc2-3)s1. The molecule has 5 heterocycles. The van der Waals surface area contributed by atoms with Gasteiger partial charge in [-0.3, -0.25) is 0 Å². The van der Waals surface area contributed by atoms with Crippen LogP contribution in [-0.2, 0) is 4.57 Å². The zero-order chi connectivity index (χ0) is 21.9. The van der Waals surface area contributed by atoms with E-state index in [1.54, 1.807) is 22.7 Å². The number of thiophene rings is 2. The predicted molar refractivity (Wildman–Crippen MR) is 133 cm³/mol. The standard InChI is InChI=1S/C26H21N2OPS2/c1-18-8-10-25(31-18)27-14-12-21-22-13-15-28(26-11-9-19(2)32-26)17-24(22)30(29,23(21)16-27)20-6-4-3-5-7-20/h3-17H,1-2H3/q+2. The highest BCUT2D eigenvalue weighted by Gasteiger charge is 2.44. The second-order valence-corrected chi connectivity index (χ2v) is 13.2.